The van der Waals surface area contributed by atoms with Gasteiger partial charge in [0.2, 0.25) is 11.5 Å². The van der Waals surface area contributed by atoms with Crippen molar-refractivity contribution in [3.8, 4) is 34.8 Å². The molecule has 0 aliphatic carbocycles. The molecule has 35 heavy (non-hydrogen) atoms. The maximum atomic E-state index is 13.4. The Morgan fingerprint density at radius 1 is 0.943 bits per heavy atom. The molecule has 0 saturated carbocycles. The van der Waals surface area contributed by atoms with Crippen LogP contribution >= 0.6 is 0 Å². The van der Waals surface area contributed by atoms with Crippen molar-refractivity contribution in [2.45, 2.75) is 6.92 Å². The van der Waals surface area contributed by atoms with Gasteiger partial charge in [0.15, 0.2) is 11.5 Å². The molecule has 3 rings (SSSR count). The summed E-state index contributed by atoms with van der Waals surface area (Å²) in [5.74, 6) is 6.81. The summed E-state index contributed by atoms with van der Waals surface area (Å²) in [7, 11) is 5.98. The third-order valence-corrected chi connectivity index (χ3v) is 4.98. The number of ketones is 1. The number of H-pyrrole nitrogens is 1. The Kier molecular flexibility index (Phi) is 8.53. The van der Waals surface area contributed by atoms with Gasteiger partial charge < -0.3 is 28.4 Å². The van der Waals surface area contributed by atoms with Gasteiger partial charge in [-0.15, -0.1) is 0 Å². The van der Waals surface area contributed by atoms with Crippen LogP contribution < -0.4 is 18.9 Å². The molecule has 0 spiro atoms. The molecule has 0 amide bonds. The minimum atomic E-state index is -0.369. The highest BCUT2D eigenvalue weighted by atomic mass is 16.6. The van der Waals surface area contributed by atoms with Crippen molar-refractivity contribution in [3.05, 3.63) is 41.1 Å². The lowest BCUT2D eigenvalue weighted by atomic mass is 10.0. The predicted molar refractivity (Wildman–Crippen MR) is 127 cm³/mol. The number of aromatic nitrogens is 2. The molecule has 0 bridgehead atoms. The fraction of sp³-hybridized carbons (Fsp3) is 0.320. The number of rotatable bonds is 10. The van der Waals surface area contributed by atoms with Gasteiger partial charge in [-0.1, -0.05) is 11.8 Å². The largest absolute Gasteiger partial charge is 0.495 e. The molecule has 1 heterocycles. The van der Waals surface area contributed by atoms with Crippen molar-refractivity contribution < 1.29 is 38.0 Å². The van der Waals surface area contributed by atoms with E-state index in [0.717, 1.165) is 0 Å². The average molecular weight is 482 g/mol. The number of nitrogens with one attached hydrogen (secondary N) is 1. The number of nitrogens with zero attached hydrogens (tertiary/aromatic N) is 1. The summed E-state index contributed by atoms with van der Waals surface area (Å²) < 4.78 is 31.6. The van der Waals surface area contributed by atoms with Crippen molar-refractivity contribution in [1.82, 2.24) is 10.2 Å². The summed E-state index contributed by atoms with van der Waals surface area (Å²) in [6, 6.07) is 6.61. The summed E-state index contributed by atoms with van der Waals surface area (Å²) in [5.41, 5.74) is 1.59. The van der Waals surface area contributed by atoms with Crippen LogP contribution in [0.25, 0.3) is 10.9 Å². The second kappa shape index (κ2) is 11.8. The lowest BCUT2D eigenvalue weighted by Gasteiger charge is -2.13. The Labute approximate surface area is 202 Å². The third kappa shape index (κ3) is 5.65. The minimum absolute atomic E-state index is 0.114. The highest BCUT2D eigenvalue weighted by molar-refractivity contribution is 6.16. The van der Waals surface area contributed by atoms with Crippen LogP contribution in [0.1, 0.15) is 28.5 Å². The Morgan fingerprint density at radius 2 is 1.63 bits per heavy atom. The highest BCUT2D eigenvalue weighted by Crippen LogP contribution is 2.39. The second-order valence-corrected chi connectivity index (χ2v) is 7.08. The molecule has 0 fully saturated rings. The van der Waals surface area contributed by atoms with Crippen LogP contribution in [0.15, 0.2) is 24.3 Å². The molecule has 2 aromatic carbocycles. The molecular weight excluding hydrogens is 456 g/mol. The molecule has 0 radical (unpaired) electrons. The molecule has 0 aliphatic heterocycles. The topological polar surface area (TPSA) is 118 Å². The van der Waals surface area contributed by atoms with Crippen LogP contribution in [0.4, 0.5) is 0 Å². The first-order valence-corrected chi connectivity index (χ1v) is 10.5. The fourth-order valence-electron chi connectivity index (χ4n) is 3.38. The number of ether oxygens (including phenoxy) is 6. The number of benzene rings is 2. The van der Waals surface area contributed by atoms with Crippen LogP contribution in [-0.4, -0.2) is 70.2 Å². The molecule has 184 valence electrons. The van der Waals surface area contributed by atoms with Crippen LogP contribution in [0.2, 0.25) is 0 Å². The highest BCUT2D eigenvalue weighted by Gasteiger charge is 2.22. The van der Waals surface area contributed by atoms with Crippen LogP contribution in [0, 0.1) is 11.8 Å². The Hall–Kier alpha value is -4.23. The van der Waals surface area contributed by atoms with E-state index in [4.69, 9.17) is 28.4 Å². The molecule has 0 saturated heterocycles. The first kappa shape index (κ1) is 25.4. The van der Waals surface area contributed by atoms with Gasteiger partial charge in [-0.25, -0.2) is 0 Å². The van der Waals surface area contributed by atoms with E-state index in [0.29, 0.717) is 45.0 Å². The Bertz CT molecular complexity index is 1260. The molecule has 3 aromatic rings. The first-order valence-electron chi connectivity index (χ1n) is 10.5. The van der Waals surface area contributed by atoms with Crippen molar-refractivity contribution in [2.24, 2.45) is 0 Å². The number of hydrogen-bond donors (Lipinski definition) is 1. The quantitative estimate of drug-likeness (QED) is 0.201. The van der Waals surface area contributed by atoms with Crippen LogP contribution in [0.5, 0.6) is 23.0 Å². The molecule has 1 aromatic heterocycles. The smallest absolute Gasteiger partial charge is 0.302 e. The first-order chi connectivity index (χ1) is 16.9. The number of methoxy groups -OCH3 is 4. The number of esters is 1. The van der Waals surface area contributed by atoms with E-state index in [1.54, 1.807) is 24.3 Å². The van der Waals surface area contributed by atoms with E-state index in [9.17, 15) is 9.59 Å². The molecule has 0 atom stereocenters. The van der Waals surface area contributed by atoms with Gasteiger partial charge >= 0.3 is 5.97 Å². The molecule has 10 heteroatoms. The zero-order valence-corrected chi connectivity index (χ0v) is 20.1. The zero-order valence-electron chi connectivity index (χ0n) is 20.1. The van der Waals surface area contributed by atoms with Gasteiger partial charge in [0.05, 0.1) is 40.6 Å². The number of aromatic amines is 1. The molecular formula is C25H26N2O8. The third-order valence-electron chi connectivity index (χ3n) is 4.98. The van der Waals surface area contributed by atoms with Crippen LogP contribution in [0.3, 0.4) is 0 Å². The van der Waals surface area contributed by atoms with Crippen molar-refractivity contribution in [2.75, 3.05) is 48.3 Å². The number of carbonyl (C=O) groups excluding carboxylic acids is 2. The molecule has 0 aliphatic rings. The van der Waals surface area contributed by atoms with Gasteiger partial charge in [0, 0.05) is 17.9 Å². The van der Waals surface area contributed by atoms with E-state index in [1.807, 2.05) is 0 Å². The van der Waals surface area contributed by atoms with E-state index < -0.39 is 0 Å². The minimum Gasteiger partial charge on any atom is -0.495 e. The van der Waals surface area contributed by atoms with Crippen LogP contribution in [-0.2, 0) is 14.3 Å². The number of fused-ring (bicyclic) bond motifs is 1. The van der Waals surface area contributed by atoms with Crippen molar-refractivity contribution in [1.29, 1.82) is 0 Å². The fourth-order valence-corrected chi connectivity index (χ4v) is 3.38. The van der Waals surface area contributed by atoms with E-state index in [1.165, 1.54) is 35.4 Å². The lowest BCUT2D eigenvalue weighted by molar-refractivity contribution is -0.142. The average Bonchev–Trinajstić information content (AvgIpc) is 3.30. The standard InChI is InChI=1S/C25H26N2O8/c1-15(28)35-12-11-34-10-6-7-17-19(30-2)9-8-18-22(17)26-27-23(18)24(29)16-13-20(31-3)25(33-5)21(14-16)32-4/h8-9,13-14H,10-12H2,1-5H3,(H,26,27). The summed E-state index contributed by atoms with van der Waals surface area (Å²) in [5, 5.41) is 7.72. The van der Waals surface area contributed by atoms with Gasteiger partial charge in [0.1, 0.15) is 30.2 Å². The number of carbonyl (C=O) groups is 2. The monoisotopic (exact) mass is 482 g/mol. The summed E-state index contributed by atoms with van der Waals surface area (Å²) in [6.45, 7) is 1.83. The molecule has 10 nitrogen and oxygen atoms in total. The van der Waals surface area contributed by atoms with Crippen molar-refractivity contribution in [3.63, 3.8) is 0 Å². The second-order valence-electron chi connectivity index (χ2n) is 7.08. The van der Waals surface area contributed by atoms with Gasteiger partial charge in [0.25, 0.3) is 0 Å². The van der Waals surface area contributed by atoms with E-state index in [2.05, 4.69) is 22.0 Å². The van der Waals surface area contributed by atoms with Gasteiger partial charge in [-0.2, -0.15) is 5.10 Å². The SMILES string of the molecule is COc1cc(C(=O)c2[nH]nc3c(C#CCOCCOC(C)=O)c(OC)ccc23)cc(OC)c1OC. The summed E-state index contributed by atoms with van der Waals surface area (Å²) >= 11 is 0. The molecule has 1 N–H and O–H groups in total. The predicted octanol–water partition coefficient (Wildman–Crippen LogP) is 2.76. The molecule has 0 unspecified atom stereocenters. The van der Waals surface area contributed by atoms with Gasteiger partial charge in [-0.05, 0) is 24.3 Å². The summed E-state index contributed by atoms with van der Waals surface area (Å²) in [4.78, 5) is 24.2. The maximum absolute atomic E-state index is 13.4. The van der Waals surface area contributed by atoms with E-state index >= 15 is 0 Å². The Balaban J connectivity index is 1.92. The van der Waals surface area contributed by atoms with Gasteiger partial charge in [-0.3, -0.25) is 14.7 Å². The van der Waals surface area contributed by atoms with Crippen molar-refractivity contribution >= 4 is 22.7 Å². The lowest BCUT2D eigenvalue weighted by Crippen LogP contribution is -2.07. The zero-order chi connectivity index (χ0) is 25.4. The van der Waals surface area contributed by atoms with E-state index in [-0.39, 0.29) is 37.3 Å². The maximum Gasteiger partial charge on any atom is 0.302 e. The Morgan fingerprint density at radius 3 is 2.23 bits per heavy atom. The summed E-state index contributed by atoms with van der Waals surface area (Å²) in [6.07, 6.45) is 0. The normalized spacial score (nSPS) is 10.3. The number of hydrogen-bond acceptors (Lipinski definition) is 9.